The van der Waals surface area contributed by atoms with E-state index < -0.39 is 45.2 Å². The van der Waals surface area contributed by atoms with Gasteiger partial charge in [-0.15, -0.1) is 28.2 Å². The number of carboxylic acid groups (broad SMARTS) is 1. The molecule has 37 heavy (non-hydrogen) atoms. The van der Waals surface area contributed by atoms with Gasteiger partial charge in [-0.05, 0) is 16.0 Å². The summed E-state index contributed by atoms with van der Waals surface area (Å²) in [7, 11) is -3.17. The molecular weight excluding hydrogens is 574 g/mol. The first-order chi connectivity index (χ1) is 17.5. The van der Waals surface area contributed by atoms with Crippen LogP contribution in [-0.2, 0) is 35.2 Å². The van der Waals surface area contributed by atoms with E-state index >= 15 is 0 Å². The number of nitrogens with one attached hydrogen (secondary N) is 1. The zero-order valence-electron chi connectivity index (χ0n) is 18.5. The number of thioether (sulfide) groups is 2. The van der Waals surface area contributed by atoms with Gasteiger partial charge in [0.05, 0.1) is 0 Å². The van der Waals surface area contributed by atoms with Gasteiger partial charge in [0.15, 0.2) is 16.7 Å². The van der Waals surface area contributed by atoms with E-state index in [9.17, 15) is 27.9 Å². The number of aromatic nitrogens is 5. The fourth-order valence-corrected chi connectivity index (χ4v) is 6.86. The minimum Gasteiger partial charge on any atom is -0.477 e. The second-order valence-electron chi connectivity index (χ2n) is 7.27. The van der Waals surface area contributed by atoms with Crippen LogP contribution < -0.4 is 11.1 Å². The maximum absolute atomic E-state index is 12.9. The number of tetrazole rings is 1. The second kappa shape index (κ2) is 10.6. The fraction of sp³-hybridized carbons (Fsp3) is 0.375. The van der Waals surface area contributed by atoms with Crippen LogP contribution in [0.2, 0.25) is 0 Å². The van der Waals surface area contributed by atoms with E-state index in [-0.39, 0.29) is 38.9 Å². The molecule has 0 bridgehead atoms. The minimum atomic E-state index is -4.41. The van der Waals surface area contributed by atoms with Gasteiger partial charge in [-0.2, -0.15) is 8.42 Å². The molecule has 1 fully saturated rings. The van der Waals surface area contributed by atoms with E-state index in [1.54, 1.807) is 0 Å². The lowest BCUT2D eigenvalue weighted by Crippen LogP contribution is -2.71. The number of hydrogen-bond donors (Lipinski definition) is 4. The topological polar surface area (TPSA) is 245 Å². The zero-order chi connectivity index (χ0) is 26.9. The monoisotopic (exact) mass is 591 g/mol. The van der Waals surface area contributed by atoms with Crippen molar-refractivity contribution in [3.63, 3.8) is 0 Å². The van der Waals surface area contributed by atoms with E-state index in [4.69, 9.17) is 15.1 Å². The number of anilines is 1. The van der Waals surface area contributed by atoms with Crippen molar-refractivity contribution in [3.8, 4) is 0 Å². The molecule has 0 aliphatic carbocycles. The summed E-state index contributed by atoms with van der Waals surface area (Å²) >= 11 is 3.25. The number of nitrogen functional groups attached to an aromatic ring is 1. The second-order valence-corrected chi connectivity index (χ2v) is 11.6. The van der Waals surface area contributed by atoms with Gasteiger partial charge in [-0.1, -0.05) is 16.9 Å². The van der Waals surface area contributed by atoms with E-state index in [1.165, 1.54) is 24.3 Å². The minimum absolute atomic E-state index is 0.0178. The highest BCUT2D eigenvalue weighted by atomic mass is 32.2. The first-order valence-corrected chi connectivity index (χ1v) is 14.4. The fourth-order valence-electron chi connectivity index (χ4n) is 3.38. The number of nitrogens with zero attached hydrogens (tertiary/aromatic N) is 7. The van der Waals surface area contributed by atoms with Crippen molar-refractivity contribution in [2.45, 2.75) is 22.4 Å². The summed E-state index contributed by atoms with van der Waals surface area (Å²) in [5, 5.41) is 27.6. The third-order valence-electron chi connectivity index (χ3n) is 4.86. The third-order valence-corrected chi connectivity index (χ3v) is 8.49. The highest BCUT2D eigenvalue weighted by Gasteiger charge is 2.54. The highest BCUT2D eigenvalue weighted by molar-refractivity contribution is 8.01. The Kier molecular flexibility index (Phi) is 7.68. The Labute approximate surface area is 220 Å². The molecule has 1 saturated heterocycles. The lowest BCUT2D eigenvalue weighted by molar-refractivity contribution is -0.150. The number of carbonyl (C=O) groups excluding carboxylic acids is 2. The van der Waals surface area contributed by atoms with Gasteiger partial charge in [-0.3, -0.25) is 19.0 Å². The smallest absolute Gasteiger partial charge is 0.352 e. The number of hydrogen-bond acceptors (Lipinski definition) is 15. The van der Waals surface area contributed by atoms with Gasteiger partial charge < -0.3 is 21.0 Å². The van der Waals surface area contributed by atoms with Crippen LogP contribution in [0.4, 0.5) is 5.13 Å². The molecule has 0 saturated carbocycles. The molecule has 2 atom stereocenters. The van der Waals surface area contributed by atoms with E-state index in [1.807, 2.05) is 0 Å². The lowest BCUT2D eigenvalue weighted by Gasteiger charge is -2.49. The molecule has 5 N–H and O–H groups in total. The number of amides is 2. The molecule has 0 spiro atoms. The van der Waals surface area contributed by atoms with Crippen molar-refractivity contribution in [2.75, 3.05) is 24.3 Å². The average Bonchev–Trinajstić information content (AvgIpc) is 3.45. The molecule has 0 aromatic carbocycles. The van der Waals surface area contributed by atoms with Crippen molar-refractivity contribution in [1.82, 2.24) is 35.4 Å². The van der Waals surface area contributed by atoms with Crippen LogP contribution in [-0.4, -0.2) is 102 Å². The number of nitrogens with two attached hydrogens (primary N) is 1. The summed E-state index contributed by atoms with van der Waals surface area (Å²) in [4.78, 5) is 47.6. The molecule has 2 aliphatic heterocycles. The molecule has 1 unspecified atom stereocenters. The summed E-state index contributed by atoms with van der Waals surface area (Å²) in [5.41, 5.74) is 5.68. The SMILES string of the molecule is CON=C(C(=O)NC1C(=O)N2C(C(=O)O)=C(CSc3nnnn3CS(=O)(=O)O)CS[C@H]12)c1csc(N)n1. The van der Waals surface area contributed by atoms with Gasteiger partial charge in [0.1, 0.15) is 29.9 Å². The quantitative estimate of drug-likeness (QED) is 0.0802. The highest BCUT2D eigenvalue weighted by Crippen LogP contribution is 2.41. The number of rotatable bonds is 10. The number of β-lactam (4-membered cyclic amide) rings is 1. The van der Waals surface area contributed by atoms with Crippen molar-refractivity contribution in [3.05, 3.63) is 22.3 Å². The number of aliphatic carboxylic acids is 1. The summed E-state index contributed by atoms with van der Waals surface area (Å²) in [6.07, 6.45) is 0. The molecule has 2 aromatic rings. The number of fused-ring (bicyclic) bond motifs is 1. The standard InChI is InChI=1S/C16H17N9O8S4/c1-33-21-8(7-4-35-15(17)18-7)11(26)19-9-12(27)25-10(14(28)29)6(2-34-13(9)25)3-36-16-20-22-23-24(16)5-37(30,31)32/h4,9,13H,2-3,5H2,1H3,(H2,17,18)(H,19,26)(H,28,29)(H,30,31,32)/t9?,13-/m1/s1. The summed E-state index contributed by atoms with van der Waals surface area (Å²) in [5.74, 6) is -3.41. The van der Waals surface area contributed by atoms with Crippen LogP contribution in [0.3, 0.4) is 0 Å². The first-order valence-electron chi connectivity index (χ1n) is 9.87. The molecule has 21 heteroatoms. The molecule has 17 nitrogen and oxygen atoms in total. The Morgan fingerprint density at radius 1 is 1.43 bits per heavy atom. The van der Waals surface area contributed by atoms with E-state index in [0.29, 0.717) is 5.57 Å². The van der Waals surface area contributed by atoms with Gasteiger partial charge >= 0.3 is 5.97 Å². The average molecular weight is 592 g/mol. The number of thiazole rings is 1. The number of carbonyl (C=O) groups is 3. The predicted octanol–water partition coefficient (Wildman–Crippen LogP) is -1.56. The van der Waals surface area contributed by atoms with E-state index in [2.05, 4.69) is 31.0 Å². The van der Waals surface area contributed by atoms with Crippen molar-refractivity contribution < 1.29 is 37.3 Å². The van der Waals surface area contributed by atoms with Crippen molar-refractivity contribution >= 4 is 73.6 Å². The number of oxime groups is 1. The predicted molar refractivity (Wildman–Crippen MR) is 130 cm³/mol. The normalized spacial score (nSPS) is 19.9. The largest absolute Gasteiger partial charge is 0.477 e. The molecule has 2 aliphatic rings. The molecular formula is C16H17N9O8S4. The van der Waals surface area contributed by atoms with Crippen molar-refractivity contribution in [1.29, 1.82) is 0 Å². The van der Waals surface area contributed by atoms with Crippen LogP contribution in [0.25, 0.3) is 0 Å². The third kappa shape index (κ3) is 5.69. The molecule has 2 amide bonds. The van der Waals surface area contributed by atoms with Gasteiger partial charge in [0.25, 0.3) is 21.9 Å². The Bertz CT molecular complexity index is 1420. The summed E-state index contributed by atoms with van der Waals surface area (Å²) < 4.78 is 32.1. The van der Waals surface area contributed by atoms with E-state index in [0.717, 1.165) is 32.7 Å². The zero-order valence-corrected chi connectivity index (χ0v) is 21.8. The summed E-state index contributed by atoms with van der Waals surface area (Å²) in [6, 6.07) is -1.03. The van der Waals surface area contributed by atoms with Gasteiger partial charge in [0.2, 0.25) is 5.16 Å². The van der Waals surface area contributed by atoms with Crippen LogP contribution in [0.15, 0.2) is 27.0 Å². The lowest BCUT2D eigenvalue weighted by atomic mass is 10.0. The molecule has 0 radical (unpaired) electrons. The van der Waals surface area contributed by atoms with Crippen LogP contribution in [0, 0.1) is 0 Å². The Morgan fingerprint density at radius 2 is 2.19 bits per heavy atom. The molecule has 198 valence electrons. The van der Waals surface area contributed by atoms with Crippen LogP contribution in [0.5, 0.6) is 0 Å². The maximum atomic E-state index is 12.9. The van der Waals surface area contributed by atoms with Gasteiger partial charge in [0, 0.05) is 16.9 Å². The molecule has 4 heterocycles. The Balaban J connectivity index is 1.48. The van der Waals surface area contributed by atoms with Crippen molar-refractivity contribution in [2.24, 2.45) is 5.16 Å². The first kappa shape index (κ1) is 26.8. The van der Waals surface area contributed by atoms with Crippen LogP contribution >= 0.6 is 34.9 Å². The maximum Gasteiger partial charge on any atom is 0.352 e. The molecule has 2 aromatic heterocycles. The molecule has 4 rings (SSSR count). The van der Waals surface area contributed by atoms with Crippen LogP contribution in [0.1, 0.15) is 5.69 Å². The Hall–Kier alpha value is -3.27. The Morgan fingerprint density at radius 3 is 2.81 bits per heavy atom. The number of carboxylic acids is 1. The summed E-state index contributed by atoms with van der Waals surface area (Å²) in [6.45, 7) is 0. The van der Waals surface area contributed by atoms with Gasteiger partial charge in [-0.25, -0.2) is 14.5 Å².